The van der Waals surface area contributed by atoms with Crippen LogP contribution >= 0.6 is 7.82 Å². The minimum atomic E-state index is -4.04. The quantitative estimate of drug-likeness (QED) is 0.334. The fourth-order valence-electron chi connectivity index (χ4n) is 1.19. The van der Waals surface area contributed by atoms with Crippen molar-refractivity contribution in [3.8, 4) is 0 Å². The van der Waals surface area contributed by atoms with Crippen LogP contribution in [0.5, 0.6) is 0 Å². The molecule has 8 nitrogen and oxygen atoms in total. The summed E-state index contributed by atoms with van der Waals surface area (Å²) in [5.74, 6) is 0. The first-order chi connectivity index (χ1) is 10.1. The third-order valence-corrected chi connectivity index (χ3v) is 3.13. The molecule has 0 spiro atoms. The molecule has 9 heteroatoms. The van der Waals surface area contributed by atoms with Gasteiger partial charge in [-0.3, -0.25) is 9.05 Å². The molecular formula is C12H27O8P. The Labute approximate surface area is 126 Å². The van der Waals surface area contributed by atoms with Gasteiger partial charge in [0.25, 0.3) is 0 Å². The maximum Gasteiger partial charge on any atom is 0.472 e. The van der Waals surface area contributed by atoms with Crippen molar-refractivity contribution in [2.45, 2.75) is 13.8 Å². The molecule has 0 saturated heterocycles. The van der Waals surface area contributed by atoms with E-state index in [1.807, 2.05) is 13.8 Å². The van der Waals surface area contributed by atoms with Crippen molar-refractivity contribution in [1.82, 2.24) is 0 Å². The largest absolute Gasteiger partial charge is 0.472 e. The number of phosphoric ester groups is 1. The van der Waals surface area contributed by atoms with Gasteiger partial charge >= 0.3 is 7.82 Å². The van der Waals surface area contributed by atoms with E-state index < -0.39 is 7.82 Å². The van der Waals surface area contributed by atoms with Crippen molar-refractivity contribution >= 4 is 7.82 Å². The molecule has 0 rings (SSSR count). The lowest BCUT2D eigenvalue weighted by molar-refractivity contribution is 0.0229. The molecule has 0 aliphatic rings. The molecule has 0 radical (unpaired) electrons. The zero-order valence-electron chi connectivity index (χ0n) is 12.8. The first-order valence-corrected chi connectivity index (χ1v) is 8.54. The average molecular weight is 330 g/mol. The van der Waals surface area contributed by atoms with E-state index in [2.05, 4.69) is 0 Å². The minimum absolute atomic E-state index is 0.0227. The number of rotatable bonds is 16. The molecule has 0 aromatic heterocycles. The summed E-state index contributed by atoms with van der Waals surface area (Å²) in [7, 11) is -4.04. The highest BCUT2D eigenvalue weighted by atomic mass is 31.2. The van der Waals surface area contributed by atoms with Gasteiger partial charge in [-0.05, 0) is 13.8 Å². The second kappa shape index (κ2) is 14.9. The van der Waals surface area contributed by atoms with Crippen LogP contribution in [-0.4, -0.2) is 71.0 Å². The Morgan fingerprint density at radius 2 is 1.00 bits per heavy atom. The van der Waals surface area contributed by atoms with E-state index in [-0.39, 0.29) is 26.4 Å². The molecule has 0 amide bonds. The van der Waals surface area contributed by atoms with E-state index in [0.717, 1.165) is 0 Å². The van der Waals surface area contributed by atoms with Crippen molar-refractivity contribution in [1.29, 1.82) is 0 Å². The lowest BCUT2D eigenvalue weighted by Gasteiger charge is -2.12. The first kappa shape index (κ1) is 20.9. The summed E-state index contributed by atoms with van der Waals surface area (Å²) in [5, 5.41) is 0. The van der Waals surface area contributed by atoms with Gasteiger partial charge in [0.1, 0.15) is 0 Å². The van der Waals surface area contributed by atoms with E-state index in [1.165, 1.54) is 0 Å². The molecule has 1 N–H and O–H groups in total. The number of ether oxygens (including phenoxy) is 4. The second-order valence-electron chi connectivity index (χ2n) is 3.75. The van der Waals surface area contributed by atoms with E-state index in [1.54, 1.807) is 0 Å². The number of hydrogen-bond donors (Lipinski definition) is 1. The molecule has 0 unspecified atom stereocenters. The molecule has 21 heavy (non-hydrogen) atoms. The fourth-order valence-corrected chi connectivity index (χ4v) is 1.87. The van der Waals surface area contributed by atoms with Crippen molar-refractivity contribution in [2.24, 2.45) is 0 Å². The third kappa shape index (κ3) is 16.2. The van der Waals surface area contributed by atoms with Crippen LogP contribution in [0, 0.1) is 0 Å². The predicted molar refractivity (Wildman–Crippen MR) is 76.4 cm³/mol. The maximum absolute atomic E-state index is 11.4. The fraction of sp³-hybridized carbons (Fsp3) is 1.00. The van der Waals surface area contributed by atoms with Crippen LogP contribution in [0.15, 0.2) is 0 Å². The third-order valence-electron chi connectivity index (χ3n) is 2.12. The summed E-state index contributed by atoms with van der Waals surface area (Å²) >= 11 is 0. The summed E-state index contributed by atoms with van der Waals surface area (Å²) in [6.07, 6.45) is 0. The van der Waals surface area contributed by atoms with Crippen LogP contribution in [0.4, 0.5) is 0 Å². The topological polar surface area (TPSA) is 92.7 Å². The normalized spacial score (nSPS) is 12.0. The predicted octanol–water partition coefficient (Wildman–Crippen LogP) is 1.23. The molecule has 0 aliphatic carbocycles. The summed E-state index contributed by atoms with van der Waals surface area (Å²) in [6.45, 7) is 7.22. The molecule has 0 bridgehead atoms. The van der Waals surface area contributed by atoms with Gasteiger partial charge in [0.2, 0.25) is 0 Å². The molecule has 0 aromatic rings. The Balaban J connectivity index is 3.37. The highest BCUT2D eigenvalue weighted by Gasteiger charge is 2.20. The van der Waals surface area contributed by atoms with Crippen molar-refractivity contribution < 1.29 is 37.5 Å². The lowest BCUT2D eigenvalue weighted by atomic mass is 10.7. The summed E-state index contributed by atoms with van der Waals surface area (Å²) in [6, 6.07) is 0. The SMILES string of the molecule is CCOCCOCCOP(=O)(O)OCCOCCOCC. The van der Waals surface area contributed by atoms with Gasteiger partial charge in [0, 0.05) is 13.2 Å². The molecule has 0 atom stereocenters. The van der Waals surface area contributed by atoms with Crippen LogP contribution in [0.1, 0.15) is 13.8 Å². The van der Waals surface area contributed by atoms with Crippen molar-refractivity contribution in [2.75, 3.05) is 66.1 Å². The Kier molecular flexibility index (Phi) is 14.8. The second-order valence-corrected chi connectivity index (χ2v) is 5.21. The van der Waals surface area contributed by atoms with E-state index in [0.29, 0.717) is 39.6 Å². The highest BCUT2D eigenvalue weighted by molar-refractivity contribution is 7.47. The van der Waals surface area contributed by atoms with E-state index >= 15 is 0 Å². The van der Waals surface area contributed by atoms with Crippen LogP contribution in [0.2, 0.25) is 0 Å². The maximum atomic E-state index is 11.4. The zero-order valence-corrected chi connectivity index (χ0v) is 13.7. The van der Waals surface area contributed by atoms with E-state index in [9.17, 15) is 9.46 Å². The minimum Gasteiger partial charge on any atom is -0.379 e. The Hall–Kier alpha value is -0.0500. The summed E-state index contributed by atoms with van der Waals surface area (Å²) in [5.41, 5.74) is 0. The van der Waals surface area contributed by atoms with Gasteiger partial charge in [-0.2, -0.15) is 0 Å². The van der Waals surface area contributed by atoms with Crippen molar-refractivity contribution in [3.63, 3.8) is 0 Å². The van der Waals surface area contributed by atoms with Crippen molar-refractivity contribution in [3.05, 3.63) is 0 Å². The van der Waals surface area contributed by atoms with Gasteiger partial charge < -0.3 is 23.8 Å². The van der Waals surface area contributed by atoms with Gasteiger partial charge in [-0.25, -0.2) is 4.57 Å². The molecule has 0 aromatic carbocycles. The monoisotopic (exact) mass is 330 g/mol. The summed E-state index contributed by atoms with van der Waals surface area (Å²) in [4.78, 5) is 9.35. The Morgan fingerprint density at radius 3 is 1.38 bits per heavy atom. The Morgan fingerprint density at radius 1 is 0.667 bits per heavy atom. The van der Waals surface area contributed by atoms with Crippen LogP contribution in [0.25, 0.3) is 0 Å². The zero-order chi connectivity index (χ0) is 15.8. The highest BCUT2D eigenvalue weighted by Crippen LogP contribution is 2.42. The van der Waals surface area contributed by atoms with E-state index in [4.69, 9.17) is 28.0 Å². The standard InChI is InChI=1S/C12H27O8P/c1-3-15-5-7-17-9-11-19-21(13,14)20-12-10-18-8-6-16-4-2/h3-12H2,1-2H3,(H,13,14). The number of phosphoric acid groups is 1. The van der Waals surface area contributed by atoms with Gasteiger partial charge in [-0.1, -0.05) is 0 Å². The summed E-state index contributed by atoms with van der Waals surface area (Å²) < 4.78 is 41.3. The molecule has 0 saturated carbocycles. The smallest absolute Gasteiger partial charge is 0.379 e. The molecule has 0 heterocycles. The van der Waals surface area contributed by atoms with Gasteiger partial charge in [0.15, 0.2) is 0 Å². The first-order valence-electron chi connectivity index (χ1n) is 7.05. The molecule has 0 aliphatic heterocycles. The van der Waals surface area contributed by atoms with Crippen LogP contribution in [-0.2, 0) is 32.6 Å². The molecule has 128 valence electrons. The molecule has 0 fully saturated rings. The average Bonchev–Trinajstić information content (AvgIpc) is 2.45. The van der Waals surface area contributed by atoms with Crippen LogP contribution < -0.4 is 0 Å². The van der Waals surface area contributed by atoms with Gasteiger partial charge in [-0.15, -0.1) is 0 Å². The van der Waals surface area contributed by atoms with Crippen LogP contribution in [0.3, 0.4) is 0 Å². The number of hydrogen-bond acceptors (Lipinski definition) is 7. The molecular weight excluding hydrogens is 303 g/mol. The lowest BCUT2D eigenvalue weighted by Crippen LogP contribution is -2.11. The van der Waals surface area contributed by atoms with Gasteiger partial charge in [0.05, 0.1) is 52.9 Å². The Bertz CT molecular complexity index is 242.